The summed E-state index contributed by atoms with van der Waals surface area (Å²) in [6, 6.07) is -0.775. The number of cyclic esters (lactones) is 1. The Balaban J connectivity index is 3.27. The lowest BCUT2D eigenvalue weighted by atomic mass is 9.95. The van der Waals surface area contributed by atoms with Gasteiger partial charge in [-0.25, -0.2) is 9.59 Å². The summed E-state index contributed by atoms with van der Waals surface area (Å²) in [5.74, 6) is -0.736. The van der Waals surface area contributed by atoms with Crippen LogP contribution >= 0.6 is 0 Å². The van der Waals surface area contributed by atoms with Crippen LogP contribution in [0.4, 0.5) is 4.79 Å². The summed E-state index contributed by atoms with van der Waals surface area (Å²) in [4.78, 5) is 40.1. The summed E-state index contributed by atoms with van der Waals surface area (Å²) < 4.78 is 10.5. The van der Waals surface area contributed by atoms with Crippen molar-refractivity contribution in [2.45, 2.75) is 91.5 Å². The molecular formula is C21H39N3O5. The first-order valence-corrected chi connectivity index (χ1v) is 10.6. The van der Waals surface area contributed by atoms with Crippen LogP contribution in [-0.2, 0) is 19.1 Å². The van der Waals surface area contributed by atoms with Crippen LogP contribution in [-0.4, -0.2) is 53.3 Å². The zero-order chi connectivity index (χ0) is 22.4. The van der Waals surface area contributed by atoms with E-state index in [9.17, 15) is 14.4 Å². The quantitative estimate of drug-likeness (QED) is 0.444. The lowest BCUT2D eigenvalue weighted by molar-refractivity contribution is -0.158. The Morgan fingerprint density at radius 3 is 2.34 bits per heavy atom. The monoisotopic (exact) mass is 413 g/mol. The van der Waals surface area contributed by atoms with Crippen LogP contribution in [0, 0.1) is 11.8 Å². The third-order valence-corrected chi connectivity index (χ3v) is 5.55. The zero-order valence-electron chi connectivity index (χ0n) is 19.0. The second-order valence-corrected chi connectivity index (χ2v) is 9.08. The molecular weight excluding hydrogens is 374 g/mol. The van der Waals surface area contributed by atoms with Crippen molar-refractivity contribution in [3.8, 4) is 0 Å². The number of alkyl carbamates (subject to hydrolysis) is 1. The molecule has 1 rings (SSSR count). The highest BCUT2D eigenvalue weighted by Gasteiger charge is 2.54. The Bertz CT molecular complexity index is 589. The average Bonchev–Trinajstić information content (AvgIpc) is 2.99. The second-order valence-electron chi connectivity index (χ2n) is 9.08. The van der Waals surface area contributed by atoms with Gasteiger partial charge >= 0.3 is 12.1 Å². The summed E-state index contributed by atoms with van der Waals surface area (Å²) in [5, 5.41) is 2.65. The summed E-state index contributed by atoms with van der Waals surface area (Å²) in [5.41, 5.74) is 3.89. The van der Waals surface area contributed by atoms with Crippen molar-refractivity contribution in [2.24, 2.45) is 17.6 Å². The molecule has 1 saturated heterocycles. The van der Waals surface area contributed by atoms with Gasteiger partial charge in [-0.1, -0.05) is 40.5 Å². The molecule has 8 nitrogen and oxygen atoms in total. The van der Waals surface area contributed by atoms with E-state index in [0.717, 1.165) is 12.8 Å². The minimum Gasteiger partial charge on any atom is -0.462 e. The van der Waals surface area contributed by atoms with Crippen molar-refractivity contribution >= 4 is 18.0 Å². The topological polar surface area (TPSA) is 111 Å². The predicted octanol–water partition coefficient (Wildman–Crippen LogP) is 2.79. The number of esters is 1. The SMILES string of the molecule is CCC(C)CCN(C(=O)[C@@H](N)[C@@H](C)CC)[C@@]1(NC(=O)OC(C)(C)C)CCOC1=O. The molecule has 0 spiro atoms. The highest BCUT2D eigenvalue weighted by Crippen LogP contribution is 2.29. The molecule has 2 amide bonds. The van der Waals surface area contributed by atoms with Crippen LogP contribution < -0.4 is 11.1 Å². The first kappa shape index (κ1) is 25.2. The third-order valence-electron chi connectivity index (χ3n) is 5.55. The minimum atomic E-state index is -1.60. The molecule has 1 fully saturated rings. The van der Waals surface area contributed by atoms with Crippen LogP contribution in [0.25, 0.3) is 0 Å². The van der Waals surface area contributed by atoms with Gasteiger partial charge in [0.15, 0.2) is 0 Å². The molecule has 0 aliphatic carbocycles. The Hall–Kier alpha value is -1.83. The standard InChI is InChI=1S/C21H39N3O5/c1-8-14(3)10-12-24(17(25)16(22)15(4)9-2)21(11-13-28-18(21)26)23-19(27)29-20(5,6)7/h14-16H,8-13,22H2,1-7H3,(H,23,27)/t14?,15-,16-,21-/m0/s1. The summed E-state index contributed by atoms with van der Waals surface area (Å²) >= 11 is 0. The smallest absolute Gasteiger partial charge is 0.409 e. The molecule has 0 aromatic heterocycles. The Labute approximate surface area is 174 Å². The number of amides is 2. The Kier molecular flexibility index (Phi) is 8.93. The molecule has 0 bridgehead atoms. The number of hydrogen-bond donors (Lipinski definition) is 2. The molecule has 29 heavy (non-hydrogen) atoms. The number of carbonyl (C=O) groups excluding carboxylic acids is 3. The summed E-state index contributed by atoms with van der Waals surface area (Å²) in [6.45, 7) is 13.6. The van der Waals surface area contributed by atoms with Gasteiger partial charge in [0, 0.05) is 13.0 Å². The number of nitrogens with one attached hydrogen (secondary N) is 1. The molecule has 4 atom stereocenters. The van der Waals surface area contributed by atoms with Crippen molar-refractivity contribution in [2.75, 3.05) is 13.2 Å². The van der Waals surface area contributed by atoms with Gasteiger partial charge in [-0.15, -0.1) is 0 Å². The van der Waals surface area contributed by atoms with E-state index in [4.69, 9.17) is 15.2 Å². The van der Waals surface area contributed by atoms with Crippen LogP contribution in [0.1, 0.15) is 74.1 Å². The molecule has 0 aromatic rings. The zero-order valence-corrected chi connectivity index (χ0v) is 19.0. The van der Waals surface area contributed by atoms with Crippen molar-refractivity contribution in [1.29, 1.82) is 0 Å². The molecule has 168 valence electrons. The van der Waals surface area contributed by atoms with E-state index < -0.39 is 29.4 Å². The number of nitrogens with two attached hydrogens (primary N) is 1. The number of hydrogen-bond acceptors (Lipinski definition) is 6. The van der Waals surface area contributed by atoms with Crippen LogP contribution in [0.5, 0.6) is 0 Å². The van der Waals surface area contributed by atoms with E-state index in [1.165, 1.54) is 4.90 Å². The number of nitrogens with zero attached hydrogens (tertiary/aromatic N) is 1. The van der Waals surface area contributed by atoms with Crippen molar-refractivity contribution in [1.82, 2.24) is 10.2 Å². The van der Waals surface area contributed by atoms with Gasteiger partial charge in [-0.3, -0.25) is 10.1 Å². The number of carbonyl (C=O) groups is 3. The van der Waals surface area contributed by atoms with E-state index in [2.05, 4.69) is 19.2 Å². The lowest BCUT2D eigenvalue weighted by Gasteiger charge is -2.40. The van der Waals surface area contributed by atoms with Gasteiger partial charge in [-0.2, -0.15) is 0 Å². The predicted molar refractivity (Wildman–Crippen MR) is 111 cm³/mol. The van der Waals surface area contributed by atoms with Gasteiger partial charge in [0.05, 0.1) is 12.6 Å². The molecule has 0 saturated carbocycles. The number of ether oxygens (including phenoxy) is 2. The van der Waals surface area contributed by atoms with E-state index >= 15 is 0 Å². The average molecular weight is 414 g/mol. The molecule has 1 heterocycles. The molecule has 0 aromatic carbocycles. The normalized spacial score (nSPS) is 22.4. The van der Waals surface area contributed by atoms with E-state index in [1.54, 1.807) is 20.8 Å². The van der Waals surface area contributed by atoms with Crippen molar-refractivity contribution < 1.29 is 23.9 Å². The van der Waals surface area contributed by atoms with E-state index in [1.807, 2.05) is 13.8 Å². The van der Waals surface area contributed by atoms with Gasteiger partial charge in [0.2, 0.25) is 11.6 Å². The van der Waals surface area contributed by atoms with Gasteiger partial charge in [0.25, 0.3) is 0 Å². The fourth-order valence-electron chi connectivity index (χ4n) is 3.13. The van der Waals surface area contributed by atoms with E-state index in [0.29, 0.717) is 18.9 Å². The molecule has 8 heteroatoms. The largest absolute Gasteiger partial charge is 0.462 e. The highest BCUT2D eigenvalue weighted by molar-refractivity contribution is 5.93. The molecule has 1 aliphatic rings. The minimum absolute atomic E-state index is 0.0652. The molecule has 1 aliphatic heterocycles. The van der Waals surface area contributed by atoms with Crippen LogP contribution in [0.3, 0.4) is 0 Å². The molecule has 3 N–H and O–H groups in total. The Morgan fingerprint density at radius 1 is 1.28 bits per heavy atom. The third kappa shape index (κ3) is 6.59. The fraction of sp³-hybridized carbons (Fsp3) is 0.857. The van der Waals surface area contributed by atoms with Gasteiger partial charge < -0.3 is 20.1 Å². The van der Waals surface area contributed by atoms with E-state index in [-0.39, 0.29) is 24.9 Å². The lowest BCUT2D eigenvalue weighted by Crippen LogP contribution is -2.68. The Morgan fingerprint density at radius 2 is 1.90 bits per heavy atom. The van der Waals surface area contributed by atoms with Gasteiger partial charge in [0.1, 0.15) is 5.60 Å². The highest BCUT2D eigenvalue weighted by atomic mass is 16.6. The van der Waals surface area contributed by atoms with Gasteiger partial charge in [-0.05, 0) is 39.0 Å². The maximum Gasteiger partial charge on any atom is 0.409 e. The summed E-state index contributed by atoms with van der Waals surface area (Å²) in [6.07, 6.45) is 1.74. The number of rotatable bonds is 9. The molecule has 1 unspecified atom stereocenters. The summed E-state index contributed by atoms with van der Waals surface area (Å²) in [7, 11) is 0. The first-order valence-electron chi connectivity index (χ1n) is 10.6. The maximum atomic E-state index is 13.3. The second kappa shape index (κ2) is 10.3. The fourth-order valence-corrected chi connectivity index (χ4v) is 3.13. The van der Waals surface area contributed by atoms with Crippen LogP contribution in [0.15, 0.2) is 0 Å². The van der Waals surface area contributed by atoms with Crippen molar-refractivity contribution in [3.63, 3.8) is 0 Å². The first-order chi connectivity index (χ1) is 13.4. The molecule has 0 radical (unpaired) electrons. The maximum absolute atomic E-state index is 13.3. The van der Waals surface area contributed by atoms with Crippen molar-refractivity contribution in [3.05, 3.63) is 0 Å². The van der Waals surface area contributed by atoms with Crippen LogP contribution in [0.2, 0.25) is 0 Å².